The second-order valence-corrected chi connectivity index (χ2v) is 7.60. The van der Waals surface area contributed by atoms with Crippen molar-refractivity contribution in [2.24, 2.45) is 0 Å². The van der Waals surface area contributed by atoms with Crippen LogP contribution in [-0.4, -0.2) is 35.9 Å². The van der Waals surface area contributed by atoms with Gasteiger partial charge in [-0.05, 0) is 55.5 Å². The van der Waals surface area contributed by atoms with Crippen LogP contribution in [0.15, 0.2) is 72.8 Å². The summed E-state index contributed by atoms with van der Waals surface area (Å²) in [6.07, 6.45) is 1.81. The maximum absolute atomic E-state index is 13.2. The molecule has 2 amide bonds. The molecule has 0 aliphatic carbocycles. The van der Waals surface area contributed by atoms with Gasteiger partial charge in [0.05, 0.1) is 7.11 Å². The number of nitrogens with one attached hydrogen (secondary N) is 2. The van der Waals surface area contributed by atoms with Crippen molar-refractivity contribution in [3.8, 4) is 5.75 Å². The van der Waals surface area contributed by atoms with Gasteiger partial charge < -0.3 is 10.1 Å². The van der Waals surface area contributed by atoms with Gasteiger partial charge in [-0.25, -0.2) is 4.39 Å². The fraction of sp³-hybridized carbons (Fsp3) is 0.160. The molecule has 162 valence electrons. The first-order valence-electron chi connectivity index (χ1n) is 10.2. The minimum atomic E-state index is -0.843. The van der Waals surface area contributed by atoms with Gasteiger partial charge in [0.1, 0.15) is 11.6 Å². The van der Waals surface area contributed by atoms with Crippen LogP contribution in [0.3, 0.4) is 0 Å². The number of halogens is 1. The number of methoxy groups -OCH3 is 1. The molecule has 0 unspecified atom stereocenters. The van der Waals surface area contributed by atoms with Crippen LogP contribution in [0.2, 0.25) is 0 Å². The maximum atomic E-state index is 13.2. The summed E-state index contributed by atoms with van der Waals surface area (Å²) in [5.41, 5.74) is 5.93. The summed E-state index contributed by atoms with van der Waals surface area (Å²) in [7, 11) is 1.60. The van der Waals surface area contributed by atoms with E-state index in [0.29, 0.717) is 0 Å². The molecule has 3 aromatic rings. The number of hydrazone groups is 1. The van der Waals surface area contributed by atoms with Crippen molar-refractivity contribution in [3.05, 3.63) is 101 Å². The number of hydrogen-bond donors (Lipinski definition) is 2. The highest BCUT2D eigenvalue weighted by atomic mass is 19.1. The monoisotopic (exact) mass is 432 g/mol. The standard InChI is InChI=1S/C25H22FN3O3/c1-16-3-7-18(8-4-16)23-22(27-24(30)19-9-11-20(26)12-10-19)25(31)28-29(23)15-17-5-13-21(32-2)14-6-17/h3-15,22-23H,1-2H3,(H-,27,28,30,31)/p+1/b29-15-/t22-,23+/m0/s1. The third kappa shape index (κ3) is 4.51. The van der Waals surface area contributed by atoms with Gasteiger partial charge in [0.2, 0.25) is 12.3 Å². The Hall–Kier alpha value is -4.00. The van der Waals surface area contributed by atoms with Crippen molar-refractivity contribution in [2.45, 2.75) is 19.0 Å². The second kappa shape index (κ2) is 9.01. The van der Waals surface area contributed by atoms with Crippen LogP contribution in [0.4, 0.5) is 4.39 Å². The van der Waals surface area contributed by atoms with Gasteiger partial charge in [-0.15, -0.1) is 10.1 Å². The summed E-state index contributed by atoms with van der Waals surface area (Å²) in [6.45, 7) is 1.98. The summed E-state index contributed by atoms with van der Waals surface area (Å²) in [5, 5.41) is 2.81. The molecule has 0 saturated carbocycles. The van der Waals surface area contributed by atoms with E-state index in [-0.39, 0.29) is 11.5 Å². The van der Waals surface area contributed by atoms with E-state index < -0.39 is 23.8 Å². The van der Waals surface area contributed by atoms with E-state index in [4.69, 9.17) is 4.74 Å². The van der Waals surface area contributed by atoms with E-state index in [0.717, 1.165) is 22.4 Å². The Morgan fingerprint density at radius 1 is 1.03 bits per heavy atom. The minimum absolute atomic E-state index is 0.277. The fourth-order valence-corrected chi connectivity index (χ4v) is 3.62. The van der Waals surface area contributed by atoms with Crippen molar-refractivity contribution >= 4 is 18.0 Å². The predicted molar refractivity (Wildman–Crippen MR) is 118 cm³/mol. The van der Waals surface area contributed by atoms with Gasteiger partial charge in [0, 0.05) is 16.7 Å². The molecule has 2 N–H and O–H groups in total. The van der Waals surface area contributed by atoms with E-state index >= 15 is 0 Å². The zero-order chi connectivity index (χ0) is 22.7. The van der Waals surface area contributed by atoms with Crippen molar-refractivity contribution < 1.29 is 23.4 Å². The molecule has 2 atom stereocenters. The van der Waals surface area contributed by atoms with Gasteiger partial charge in [-0.3, -0.25) is 9.59 Å². The Kier molecular flexibility index (Phi) is 5.98. The first-order valence-corrected chi connectivity index (χ1v) is 10.2. The Balaban J connectivity index is 1.68. The minimum Gasteiger partial charge on any atom is -0.497 e. The van der Waals surface area contributed by atoms with Crippen molar-refractivity contribution in [1.82, 2.24) is 10.7 Å². The van der Waals surface area contributed by atoms with Crippen LogP contribution < -0.4 is 15.5 Å². The molecule has 0 radical (unpaired) electrons. The lowest BCUT2D eigenvalue weighted by Gasteiger charge is -2.15. The molecule has 6 nitrogen and oxygen atoms in total. The molecule has 7 heteroatoms. The molecule has 1 saturated heterocycles. The molecule has 0 aromatic heterocycles. The number of carbonyl (C=O) groups excluding carboxylic acids is 2. The number of carbonyl (C=O) groups is 2. The molecular weight excluding hydrogens is 409 g/mol. The number of benzene rings is 3. The van der Waals surface area contributed by atoms with Gasteiger partial charge >= 0.3 is 5.91 Å². The van der Waals surface area contributed by atoms with E-state index in [1.807, 2.05) is 61.7 Å². The number of hydrazine groups is 1. The summed E-state index contributed by atoms with van der Waals surface area (Å²) in [5.74, 6) is -0.491. The average molecular weight is 432 g/mol. The smallest absolute Gasteiger partial charge is 0.304 e. The van der Waals surface area contributed by atoms with E-state index in [2.05, 4.69) is 10.7 Å². The van der Waals surface area contributed by atoms with Gasteiger partial charge in [0.15, 0.2) is 6.04 Å². The lowest BCUT2D eigenvalue weighted by atomic mass is 9.98. The molecule has 0 bridgehead atoms. The number of nitrogens with zero attached hydrogens (tertiary/aromatic N) is 1. The summed E-state index contributed by atoms with van der Waals surface area (Å²) < 4.78 is 20.1. The average Bonchev–Trinajstić information content (AvgIpc) is 3.09. The molecule has 4 rings (SSSR count). The Morgan fingerprint density at radius 2 is 1.69 bits per heavy atom. The van der Waals surface area contributed by atoms with Crippen LogP contribution in [-0.2, 0) is 4.79 Å². The lowest BCUT2D eigenvalue weighted by molar-refractivity contribution is -0.596. The zero-order valence-electron chi connectivity index (χ0n) is 17.7. The maximum Gasteiger partial charge on any atom is 0.304 e. The second-order valence-electron chi connectivity index (χ2n) is 7.60. The largest absolute Gasteiger partial charge is 0.497 e. The first-order chi connectivity index (χ1) is 15.4. The first kappa shape index (κ1) is 21.2. The third-order valence-electron chi connectivity index (χ3n) is 5.35. The van der Waals surface area contributed by atoms with E-state index in [9.17, 15) is 14.0 Å². The number of aryl methyl sites for hydroxylation is 1. The number of rotatable bonds is 5. The molecule has 0 spiro atoms. The fourth-order valence-electron chi connectivity index (χ4n) is 3.62. The molecule has 1 aliphatic rings. The van der Waals surface area contributed by atoms with Crippen molar-refractivity contribution in [3.63, 3.8) is 0 Å². The van der Waals surface area contributed by atoms with Crippen molar-refractivity contribution in [2.75, 3.05) is 7.11 Å². The number of amides is 2. The number of ether oxygens (including phenoxy) is 1. The Morgan fingerprint density at radius 3 is 2.31 bits per heavy atom. The molecule has 1 aliphatic heterocycles. The van der Waals surface area contributed by atoms with Gasteiger partial charge in [0.25, 0.3) is 5.91 Å². The zero-order valence-corrected chi connectivity index (χ0v) is 17.7. The number of hydrogen-bond acceptors (Lipinski definition) is 3. The SMILES string of the molecule is COc1ccc(/C=[N+]2\NC(=O)[C@@H](NC(=O)c3ccc(F)cc3)[C@H]2c2ccc(C)cc2)cc1. The Labute approximate surface area is 185 Å². The van der Waals surface area contributed by atoms with E-state index in [1.165, 1.54) is 24.3 Å². The van der Waals surface area contributed by atoms with Crippen LogP contribution in [0.25, 0.3) is 0 Å². The lowest BCUT2D eigenvalue weighted by Crippen LogP contribution is -2.42. The van der Waals surface area contributed by atoms with Gasteiger partial charge in [-0.2, -0.15) is 0 Å². The summed E-state index contributed by atoms with van der Waals surface area (Å²) >= 11 is 0. The van der Waals surface area contributed by atoms with Crippen LogP contribution in [0.5, 0.6) is 5.75 Å². The topological polar surface area (TPSA) is 70.4 Å². The molecule has 3 aromatic carbocycles. The van der Waals surface area contributed by atoms with Crippen LogP contribution in [0, 0.1) is 12.7 Å². The highest BCUT2D eigenvalue weighted by Gasteiger charge is 2.47. The van der Waals surface area contributed by atoms with Crippen molar-refractivity contribution in [1.29, 1.82) is 0 Å². The van der Waals surface area contributed by atoms with Gasteiger partial charge in [-0.1, -0.05) is 29.8 Å². The molecule has 1 fully saturated rings. The highest BCUT2D eigenvalue weighted by Crippen LogP contribution is 2.26. The highest BCUT2D eigenvalue weighted by molar-refractivity contribution is 5.98. The normalized spacial score (nSPS) is 19.0. The van der Waals surface area contributed by atoms with E-state index in [1.54, 1.807) is 11.8 Å². The predicted octanol–water partition coefficient (Wildman–Crippen LogP) is 3.16. The summed E-state index contributed by atoms with van der Waals surface area (Å²) in [6, 6.07) is 19.1. The molecule has 1 heterocycles. The summed E-state index contributed by atoms with van der Waals surface area (Å²) in [4.78, 5) is 25.6. The molecular formula is C25H23FN3O3+. The third-order valence-corrected chi connectivity index (χ3v) is 5.35. The van der Waals surface area contributed by atoms with Crippen LogP contribution in [0.1, 0.15) is 33.1 Å². The quantitative estimate of drug-likeness (QED) is 0.609. The molecule has 32 heavy (non-hydrogen) atoms. The Bertz CT molecular complexity index is 1160. The van der Waals surface area contributed by atoms with Crippen LogP contribution >= 0.6 is 0 Å².